The molecule has 2 atom stereocenters. The van der Waals surface area contributed by atoms with Crippen LogP contribution < -0.4 is 0 Å². The first kappa shape index (κ1) is 15.9. The topological polar surface area (TPSA) is 34.1 Å². The van der Waals surface area contributed by atoms with Crippen LogP contribution in [-0.2, 0) is 16.0 Å². The van der Waals surface area contributed by atoms with Gasteiger partial charge in [0.1, 0.15) is 11.6 Å². The summed E-state index contributed by atoms with van der Waals surface area (Å²) in [6.07, 6.45) is 3.41. The maximum absolute atomic E-state index is 12.3. The minimum absolute atomic E-state index is 0.0544. The van der Waals surface area contributed by atoms with E-state index in [1.165, 1.54) is 5.56 Å². The number of carbonyl (C=O) groups is 2. The molecule has 0 bridgehead atoms. The molecular formula is C19H26O2. The zero-order valence-electron chi connectivity index (χ0n) is 13.4. The fourth-order valence-electron chi connectivity index (χ4n) is 3.60. The molecule has 1 aromatic rings. The van der Waals surface area contributed by atoms with Gasteiger partial charge in [0.15, 0.2) is 0 Å². The molecule has 0 amide bonds. The van der Waals surface area contributed by atoms with Crippen LogP contribution in [0.5, 0.6) is 0 Å². The van der Waals surface area contributed by atoms with Crippen molar-refractivity contribution < 1.29 is 9.59 Å². The molecule has 0 heterocycles. The third kappa shape index (κ3) is 4.52. The van der Waals surface area contributed by atoms with Crippen molar-refractivity contribution in [3.63, 3.8) is 0 Å². The quantitative estimate of drug-likeness (QED) is 0.812. The molecule has 0 N–H and O–H groups in total. The molecule has 0 radical (unpaired) electrons. The van der Waals surface area contributed by atoms with Crippen LogP contribution in [0.1, 0.15) is 52.0 Å². The lowest BCUT2D eigenvalue weighted by atomic mass is 9.66. The Bertz CT molecular complexity index is 502. The lowest BCUT2D eigenvalue weighted by molar-refractivity contribution is -0.134. The van der Waals surface area contributed by atoms with Crippen molar-refractivity contribution in [1.29, 1.82) is 0 Å². The zero-order chi connectivity index (χ0) is 15.5. The van der Waals surface area contributed by atoms with Crippen LogP contribution in [0.25, 0.3) is 0 Å². The molecule has 0 aliphatic heterocycles. The van der Waals surface area contributed by atoms with Gasteiger partial charge in [-0.15, -0.1) is 0 Å². The van der Waals surface area contributed by atoms with Gasteiger partial charge in [-0.3, -0.25) is 9.59 Å². The SMILES string of the molecule is CC1CC(C)(C)CC(=O)C1CC(=O)CCc1ccccc1. The Morgan fingerprint density at radius 3 is 2.52 bits per heavy atom. The van der Waals surface area contributed by atoms with Crippen molar-refractivity contribution in [2.45, 2.75) is 52.9 Å². The molecule has 1 aromatic carbocycles. The van der Waals surface area contributed by atoms with Gasteiger partial charge in [0.05, 0.1) is 0 Å². The van der Waals surface area contributed by atoms with Gasteiger partial charge in [0.25, 0.3) is 0 Å². The molecule has 1 saturated carbocycles. The van der Waals surface area contributed by atoms with E-state index in [1.807, 2.05) is 30.3 Å². The highest BCUT2D eigenvalue weighted by molar-refractivity contribution is 5.89. The number of ketones is 2. The van der Waals surface area contributed by atoms with E-state index in [0.717, 1.165) is 12.8 Å². The average molecular weight is 286 g/mol. The highest BCUT2D eigenvalue weighted by Crippen LogP contribution is 2.41. The van der Waals surface area contributed by atoms with Crippen LogP contribution in [0.4, 0.5) is 0 Å². The van der Waals surface area contributed by atoms with Gasteiger partial charge in [-0.1, -0.05) is 51.1 Å². The third-order valence-corrected chi connectivity index (χ3v) is 4.61. The molecule has 2 heteroatoms. The minimum Gasteiger partial charge on any atom is -0.300 e. The molecule has 2 unspecified atom stereocenters. The highest BCUT2D eigenvalue weighted by Gasteiger charge is 2.38. The minimum atomic E-state index is -0.0544. The van der Waals surface area contributed by atoms with E-state index >= 15 is 0 Å². The fraction of sp³-hybridized carbons (Fsp3) is 0.579. The first-order valence-corrected chi connectivity index (χ1v) is 7.96. The second kappa shape index (κ2) is 6.55. The molecule has 0 saturated heterocycles. The van der Waals surface area contributed by atoms with Gasteiger partial charge >= 0.3 is 0 Å². The molecule has 0 spiro atoms. The number of hydrogen-bond donors (Lipinski definition) is 0. The fourth-order valence-corrected chi connectivity index (χ4v) is 3.60. The molecule has 21 heavy (non-hydrogen) atoms. The van der Waals surface area contributed by atoms with Gasteiger partial charge < -0.3 is 0 Å². The Balaban J connectivity index is 1.86. The molecule has 114 valence electrons. The second-order valence-electron chi connectivity index (χ2n) is 7.32. The maximum atomic E-state index is 12.3. The number of benzene rings is 1. The van der Waals surface area contributed by atoms with Crippen LogP contribution in [0, 0.1) is 17.3 Å². The van der Waals surface area contributed by atoms with E-state index in [4.69, 9.17) is 0 Å². The van der Waals surface area contributed by atoms with Gasteiger partial charge in [-0.2, -0.15) is 0 Å². The zero-order valence-corrected chi connectivity index (χ0v) is 13.4. The van der Waals surface area contributed by atoms with Crippen LogP contribution in [0.2, 0.25) is 0 Å². The summed E-state index contributed by atoms with van der Waals surface area (Å²) in [5.41, 5.74) is 1.29. The predicted molar refractivity (Wildman–Crippen MR) is 85.1 cm³/mol. The van der Waals surface area contributed by atoms with Crippen molar-refractivity contribution >= 4 is 11.6 Å². The van der Waals surface area contributed by atoms with Crippen molar-refractivity contribution in [1.82, 2.24) is 0 Å². The maximum Gasteiger partial charge on any atom is 0.137 e. The Morgan fingerprint density at radius 2 is 1.90 bits per heavy atom. The number of Topliss-reactive ketones (excluding diaryl/α,β-unsaturated/α-hetero) is 2. The van der Waals surface area contributed by atoms with Crippen molar-refractivity contribution in [3.05, 3.63) is 35.9 Å². The summed E-state index contributed by atoms with van der Waals surface area (Å²) in [7, 11) is 0. The summed E-state index contributed by atoms with van der Waals surface area (Å²) in [6.45, 7) is 6.41. The largest absolute Gasteiger partial charge is 0.300 e. The molecule has 2 nitrogen and oxygen atoms in total. The van der Waals surface area contributed by atoms with Crippen molar-refractivity contribution in [2.75, 3.05) is 0 Å². The number of hydrogen-bond acceptors (Lipinski definition) is 2. The lowest BCUT2D eigenvalue weighted by Gasteiger charge is -2.37. The first-order valence-electron chi connectivity index (χ1n) is 7.96. The van der Waals surface area contributed by atoms with E-state index < -0.39 is 0 Å². The number of rotatable bonds is 5. The average Bonchev–Trinajstić information content (AvgIpc) is 2.41. The van der Waals surface area contributed by atoms with E-state index in [1.54, 1.807) is 0 Å². The molecular weight excluding hydrogens is 260 g/mol. The van der Waals surface area contributed by atoms with E-state index in [-0.39, 0.29) is 22.9 Å². The Morgan fingerprint density at radius 1 is 1.24 bits per heavy atom. The standard InChI is InChI=1S/C19H26O2/c1-14-12-19(2,3)13-18(21)17(14)11-16(20)10-9-15-7-5-4-6-8-15/h4-8,14,17H,9-13H2,1-3H3. The Kier molecular flexibility index (Phi) is 4.97. The molecule has 2 rings (SSSR count). The normalized spacial score (nSPS) is 24.8. The summed E-state index contributed by atoms with van der Waals surface area (Å²) < 4.78 is 0. The van der Waals surface area contributed by atoms with E-state index in [9.17, 15) is 9.59 Å². The number of carbonyl (C=O) groups excluding carboxylic acids is 2. The summed E-state index contributed by atoms with van der Waals surface area (Å²) in [5, 5.41) is 0. The molecule has 1 aliphatic carbocycles. The molecule has 0 aromatic heterocycles. The van der Waals surface area contributed by atoms with Gasteiger partial charge in [0, 0.05) is 25.2 Å². The summed E-state index contributed by atoms with van der Waals surface area (Å²) >= 11 is 0. The third-order valence-electron chi connectivity index (χ3n) is 4.61. The monoisotopic (exact) mass is 286 g/mol. The van der Waals surface area contributed by atoms with Gasteiger partial charge in [-0.05, 0) is 29.7 Å². The molecule has 1 fully saturated rings. The lowest BCUT2D eigenvalue weighted by Crippen LogP contribution is -2.37. The Hall–Kier alpha value is -1.44. The van der Waals surface area contributed by atoms with Crippen LogP contribution >= 0.6 is 0 Å². The van der Waals surface area contributed by atoms with Gasteiger partial charge in [0.2, 0.25) is 0 Å². The van der Waals surface area contributed by atoms with E-state index in [2.05, 4.69) is 20.8 Å². The first-order chi connectivity index (χ1) is 9.87. The van der Waals surface area contributed by atoms with Crippen LogP contribution in [0.3, 0.4) is 0 Å². The summed E-state index contributed by atoms with van der Waals surface area (Å²) in [5.74, 6) is 0.777. The van der Waals surface area contributed by atoms with Crippen LogP contribution in [0.15, 0.2) is 30.3 Å². The highest BCUT2D eigenvalue weighted by atomic mass is 16.1. The smallest absolute Gasteiger partial charge is 0.137 e. The predicted octanol–water partition coefficient (Wildman–Crippen LogP) is 4.22. The van der Waals surface area contributed by atoms with E-state index in [0.29, 0.717) is 25.2 Å². The van der Waals surface area contributed by atoms with Crippen molar-refractivity contribution in [3.8, 4) is 0 Å². The number of aryl methyl sites for hydroxylation is 1. The molecule has 1 aliphatic rings. The second-order valence-corrected chi connectivity index (χ2v) is 7.32. The Labute approximate surface area is 127 Å². The summed E-state index contributed by atoms with van der Waals surface area (Å²) in [6, 6.07) is 10.1. The van der Waals surface area contributed by atoms with Crippen molar-refractivity contribution in [2.24, 2.45) is 17.3 Å². The summed E-state index contributed by atoms with van der Waals surface area (Å²) in [4.78, 5) is 24.5. The van der Waals surface area contributed by atoms with Gasteiger partial charge in [-0.25, -0.2) is 0 Å². The van der Waals surface area contributed by atoms with Crippen LogP contribution in [-0.4, -0.2) is 11.6 Å².